The summed E-state index contributed by atoms with van der Waals surface area (Å²) in [6.07, 6.45) is 8.22. The Bertz CT molecular complexity index is 774. The van der Waals surface area contributed by atoms with E-state index in [2.05, 4.69) is 10.4 Å². The molecular weight excluding hydrogens is 330 g/mol. The van der Waals surface area contributed by atoms with Crippen LogP contribution in [0.5, 0.6) is 0 Å². The van der Waals surface area contributed by atoms with E-state index in [0.717, 1.165) is 24.1 Å². The summed E-state index contributed by atoms with van der Waals surface area (Å²) >= 11 is 0. The maximum Gasteiger partial charge on any atom is 0.303 e. The van der Waals surface area contributed by atoms with E-state index in [1.807, 2.05) is 31.3 Å². The molecule has 6 heteroatoms. The molecule has 1 aromatic heterocycles. The highest BCUT2D eigenvalue weighted by molar-refractivity contribution is 6.05. The second kappa shape index (κ2) is 8.17. The van der Waals surface area contributed by atoms with Gasteiger partial charge < -0.3 is 10.4 Å². The van der Waals surface area contributed by atoms with Gasteiger partial charge in [-0.05, 0) is 37.0 Å². The number of amides is 1. The number of carbonyl (C=O) groups excluding carboxylic acids is 1. The van der Waals surface area contributed by atoms with E-state index in [9.17, 15) is 9.59 Å². The normalized spacial score (nSPS) is 15.0. The second-order valence-electron chi connectivity index (χ2n) is 6.98. The Hall–Kier alpha value is -2.63. The quantitative estimate of drug-likeness (QED) is 0.827. The van der Waals surface area contributed by atoms with Crippen molar-refractivity contribution in [1.82, 2.24) is 9.78 Å². The third-order valence-corrected chi connectivity index (χ3v) is 4.93. The van der Waals surface area contributed by atoms with Crippen molar-refractivity contribution in [2.24, 2.45) is 7.05 Å². The molecule has 1 aromatic carbocycles. The van der Waals surface area contributed by atoms with Gasteiger partial charge in [0, 0.05) is 31.3 Å². The summed E-state index contributed by atoms with van der Waals surface area (Å²) in [7, 11) is 1.85. The summed E-state index contributed by atoms with van der Waals surface area (Å²) in [5, 5.41) is 16.2. The Balaban J connectivity index is 1.69. The number of benzene rings is 1. The van der Waals surface area contributed by atoms with E-state index >= 15 is 0 Å². The molecule has 0 saturated heterocycles. The van der Waals surface area contributed by atoms with Crippen LogP contribution in [0.2, 0.25) is 0 Å². The van der Waals surface area contributed by atoms with Gasteiger partial charge in [0.1, 0.15) is 0 Å². The van der Waals surface area contributed by atoms with Gasteiger partial charge >= 0.3 is 5.97 Å². The molecule has 1 heterocycles. The topological polar surface area (TPSA) is 84.2 Å². The van der Waals surface area contributed by atoms with E-state index < -0.39 is 5.97 Å². The summed E-state index contributed by atoms with van der Waals surface area (Å²) in [6, 6.07) is 7.32. The van der Waals surface area contributed by atoms with E-state index in [-0.39, 0.29) is 12.3 Å². The van der Waals surface area contributed by atoms with Crippen molar-refractivity contribution in [3.63, 3.8) is 0 Å². The molecule has 2 N–H and O–H groups in total. The zero-order chi connectivity index (χ0) is 18.5. The number of aryl methyl sites for hydroxylation is 2. The fourth-order valence-electron chi connectivity index (χ4n) is 3.56. The fraction of sp³-hybridized carbons (Fsp3) is 0.450. The standard InChI is InChI=1S/C20H25N3O3/c1-23-13-17(19(22-23)15-5-3-2-4-6-15)20(26)21-16-10-7-14(8-11-16)9-12-18(24)25/h7-8,10-11,13,15H,2-6,9,12H2,1H3,(H,21,26)(H,24,25). The molecule has 0 atom stereocenters. The minimum absolute atomic E-state index is 0.103. The van der Waals surface area contributed by atoms with Gasteiger partial charge in [-0.25, -0.2) is 0 Å². The summed E-state index contributed by atoms with van der Waals surface area (Å²) < 4.78 is 1.72. The fourth-order valence-corrected chi connectivity index (χ4v) is 3.56. The molecule has 0 bridgehead atoms. The lowest BCUT2D eigenvalue weighted by molar-refractivity contribution is -0.136. The summed E-state index contributed by atoms with van der Waals surface area (Å²) in [5.74, 6) is -0.588. The number of hydrogen-bond donors (Lipinski definition) is 2. The summed E-state index contributed by atoms with van der Waals surface area (Å²) in [6.45, 7) is 0. The van der Waals surface area contributed by atoms with Crippen LogP contribution in [0.15, 0.2) is 30.5 Å². The van der Waals surface area contributed by atoms with Crippen molar-refractivity contribution in [3.8, 4) is 0 Å². The Morgan fingerprint density at radius 2 is 1.88 bits per heavy atom. The molecule has 2 aromatic rings. The maximum absolute atomic E-state index is 12.7. The van der Waals surface area contributed by atoms with E-state index in [1.165, 1.54) is 19.3 Å². The molecule has 3 rings (SSSR count). The van der Waals surface area contributed by atoms with Gasteiger partial charge in [0.25, 0.3) is 5.91 Å². The second-order valence-corrected chi connectivity index (χ2v) is 6.98. The number of nitrogens with zero attached hydrogens (tertiary/aromatic N) is 2. The van der Waals surface area contributed by atoms with Gasteiger partial charge in [0.2, 0.25) is 0 Å². The predicted molar refractivity (Wildman–Crippen MR) is 99.4 cm³/mol. The Kier molecular flexibility index (Phi) is 5.71. The van der Waals surface area contributed by atoms with Crippen molar-refractivity contribution in [2.75, 3.05) is 5.32 Å². The van der Waals surface area contributed by atoms with Gasteiger partial charge in [-0.2, -0.15) is 5.10 Å². The number of carboxylic acids is 1. The number of anilines is 1. The number of hydrogen-bond acceptors (Lipinski definition) is 3. The van der Waals surface area contributed by atoms with Crippen LogP contribution in [-0.4, -0.2) is 26.8 Å². The van der Waals surface area contributed by atoms with Crippen molar-refractivity contribution in [1.29, 1.82) is 0 Å². The third-order valence-electron chi connectivity index (χ3n) is 4.93. The molecule has 138 valence electrons. The average Bonchev–Trinajstić information content (AvgIpc) is 3.04. The molecule has 0 aliphatic heterocycles. The van der Waals surface area contributed by atoms with Crippen LogP contribution in [0.1, 0.15) is 66.1 Å². The van der Waals surface area contributed by atoms with Crippen LogP contribution in [-0.2, 0) is 18.3 Å². The van der Waals surface area contributed by atoms with E-state index in [4.69, 9.17) is 5.11 Å². The van der Waals surface area contributed by atoms with E-state index in [1.54, 1.807) is 10.9 Å². The summed E-state index contributed by atoms with van der Waals surface area (Å²) in [4.78, 5) is 23.4. The molecule has 0 unspecified atom stereocenters. The van der Waals surface area contributed by atoms with E-state index in [0.29, 0.717) is 23.6 Å². The molecule has 1 fully saturated rings. The first kappa shape index (κ1) is 18.2. The van der Waals surface area contributed by atoms with Crippen LogP contribution in [0.4, 0.5) is 5.69 Å². The smallest absolute Gasteiger partial charge is 0.303 e. The molecule has 1 saturated carbocycles. The molecule has 1 aliphatic carbocycles. The molecule has 1 amide bonds. The minimum Gasteiger partial charge on any atom is -0.481 e. The van der Waals surface area contributed by atoms with Crippen LogP contribution in [0.25, 0.3) is 0 Å². The number of carboxylic acid groups (broad SMARTS) is 1. The molecule has 0 spiro atoms. The minimum atomic E-state index is -0.811. The van der Waals surface area contributed by atoms with Gasteiger partial charge in [0.15, 0.2) is 0 Å². The highest BCUT2D eigenvalue weighted by atomic mass is 16.4. The van der Waals surface area contributed by atoms with Crippen molar-refractivity contribution in [3.05, 3.63) is 47.3 Å². The van der Waals surface area contributed by atoms with Gasteiger partial charge in [-0.15, -0.1) is 0 Å². The Morgan fingerprint density at radius 1 is 1.19 bits per heavy atom. The van der Waals surface area contributed by atoms with Crippen LogP contribution < -0.4 is 5.32 Å². The Labute approximate surface area is 153 Å². The zero-order valence-electron chi connectivity index (χ0n) is 15.1. The number of nitrogens with one attached hydrogen (secondary N) is 1. The van der Waals surface area contributed by atoms with Gasteiger partial charge in [-0.3, -0.25) is 14.3 Å². The van der Waals surface area contributed by atoms with Crippen LogP contribution >= 0.6 is 0 Å². The molecule has 1 aliphatic rings. The third kappa shape index (κ3) is 4.50. The highest BCUT2D eigenvalue weighted by Crippen LogP contribution is 2.33. The molecule has 0 radical (unpaired) electrons. The SMILES string of the molecule is Cn1cc(C(=O)Nc2ccc(CCC(=O)O)cc2)c(C2CCCCC2)n1. The zero-order valence-corrected chi connectivity index (χ0v) is 15.1. The lowest BCUT2D eigenvalue weighted by Gasteiger charge is -2.20. The van der Waals surface area contributed by atoms with Crippen molar-refractivity contribution < 1.29 is 14.7 Å². The number of aliphatic carboxylic acids is 1. The highest BCUT2D eigenvalue weighted by Gasteiger charge is 2.24. The number of rotatable bonds is 6. The first-order chi connectivity index (χ1) is 12.5. The Morgan fingerprint density at radius 3 is 2.54 bits per heavy atom. The number of carbonyl (C=O) groups is 2. The summed E-state index contributed by atoms with van der Waals surface area (Å²) in [5.41, 5.74) is 3.19. The monoisotopic (exact) mass is 355 g/mol. The maximum atomic E-state index is 12.7. The van der Waals surface area contributed by atoms with Gasteiger partial charge in [0.05, 0.1) is 11.3 Å². The molecular formula is C20H25N3O3. The lowest BCUT2D eigenvalue weighted by atomic mass is 9.85. The van der Waals surface area contributed by atoms with Crippen molar-refractivity contribution >= 4 is 17.6 Å². The first-order valence-corrected chi connectivity index (χ1v) is 9.18. The first-order valence-electron chi connectivity index (χ1n) is 9.18. The number of aromatic nitrogens is 2. The van der Waals surface area contributed by atoms with Crippen LogP contribution in [0.3, 0.4) is 0 Å². The molecule has 6 nitrogen and oxygen atoms in total. The lowest BCUT2D eigenvalue weighted by Crippen LogP contribution is -2.16. The predicted octanol–water partition coefficient (Wildman–Crippen LogP) is 3.74. The molecule has 26 heavy (non-hydrogen) atoms. The van der Waals surface area contributed by atoms with Crippen LogP contribution in [0, 0.1) is 0 Å². The van der Waals surface area contributed by atoms with Gasteiger partial charge in [-0.1, -0.05) is 31.4 Å². The largest absolute Gasteiger partial charge is 0.481 e. The average molecular weight is 355 g/mol. The van der Waals surface area contributed by atoms with Crippen molar-refractivity contribution in [2.45, 2.75) is 50.9 Å².